The number of sulfonamides is 1. The van der Waals surface area contributed by atoms with Gasteiger partial charge in [-0.05, 0) is 42.8 Å². The molecule has 31 heavy (non-hydrogen) atoms. The van der Waals surface area contributed by atoms with E-state index in [2.05, 4.69) is 0 Å². The molecule has 1 unspecified atom stereocenters. The molecule has 1 atom stereocenters. The molecule has 2 aliphatic heterocycles. The van der Waals surface area contributed by atoms with Crippen LogP contribution < -0.4 is 0 Å². The summed E-state index contributed by atoms with van der Waals surface area (Å²) in [4.78, 5) is 38.3. The quantitative estimate of drug-likeness (QED) is 0.356. The highest BCUT2D eigenvalue weighted by Crippen LogP contribution is 2.27. The third kappa shape index (κ3) is 4.28. The average molecular weight is 463 g/mol. The fraction of sp³-hybridized carbons (Fsp3) is 0.381. The number of rotatable bonds is 7. The maximum atomic E-state index is 12.7. The lowest BCUT2D eigenvalue weighted by Crippen LogP contribution is -2.42. The second kappa shape index (κ2) is 8.89. The molecule has 1 fully saturated rings. The average Bonchev–Trinajstić information content (AvgIpc) is 3.41. The van der Waals surface area contributed by atoms with Crippen molar-refractivity contribution >= 4 is 39.1 Å². The molecule has 0 spiro atoms. The molecule has 10 heteroatoms. The molecule has 0 radical (unpaired) electrons. The van der Waals surface area contributed by atoms with E-state index in [4.69, 9.17) is 4.74 Å². The van der Waals surface area contributed by atoms with Crippen LogP contribution in [-0.4, -0.2) is 61.6 Å². The van der Waals surface area contributed by atoms with Crippen LogP contribution in [0.15, 0.2) is 46.0 Å². The van der Waals surface area contributed by atoms with Crippen molar-refractivity contribution in [1.82, 2.24) is 9.21 Å². The summed E-state index contributed by atoms with van der Waals surface area (Å²) in [5.74, 6) is -1.65. The minimum atomic E-state index is -3.60. The van der Waals surface area contributed by atoms with Gasteiger partial charge in [-0.3, -0.25) is 19.3 Å². The number of benzene rings is 1. The van der Waals surface area contributed by atoms with Crippen molar-refractivity contribution in [2.24, 2.45) is 5.92 Å². The van der Waals surface area contributed by atoms with Crippen LogP contribution in [0.4, 0.5) is 0 Å². The van der Waals surface area contributed by atoms with Crippen LogP contribution in [0.5, 0.6) is 0 Å². The SMILES string of the molecule is O=C(OCCCN1C(=O)c2ccccc2C1=O)C1CCCN(S(=O)(=O)c2cccs2)C1. The van der Waals surface area contributed by atoms with Crippen molar-refractivity contribution in [1.29, 1.82) is 0 Å². The molecule has 1 aromatic heterocycles. The van der Waals surface area contributed by atoms with Gasteiger partial charge in [-0.1, -0.05) is 18.2 Å². The van der Waals surface area contributed by atoms with Crippen LogP contribution >= 0.6 is 11.3 Å². The molecule has 2 aliphatic rings. The molecule has 2 aromatic rings. The van der Waals surface area contributed by atoms with Crippen molar-refractivity contribution in [3.05, 3.63) is 52.9 Å². The van der Waals surface area contributed by atoms with Crippen molar-refractivity contribution in [2.45, 2.75) is 23.5 Å². The number of amides is 2. The molecule has 1 aromatic carbocycles. The topological polar surface area (TPSA) is 101 Å². The Morgan fingerprint density at radius 1 is 1.10 bits per heavy atom. The first kappa shape index (κ1) is 21.7. The highest BCUT2D eigenvalue weighted by atomic mass is 32.2. The second-order valence-electron chi connectivity index (χ2n) is 7.46. The number of thiophene rings is 1. The Morgan fingerprint density at radius 3 is 2.45 bits per heavy atom. The predicted octanol–water partition coefficient (Wildman–Crippen LogP) is 2.38. The van der Waals surface area contributed by atoms with Crippen LogP contribution in [0, 0.1) is 5.92 Å². The summed E-state index contributed by atoms with van der Waals surface area (Å²) in [6.45, 7) is 0.685. The molecule has 0 saturated carbocycles. The number of carbonyl (C=O) groups excluding carboxylic acids is 3. The van der Waals surface area contributed by atoms with Gasteiger partial charge in [0.2, 0.25) is 0 Å². The van der Waals surface area contributed by atoms with Gasteiger partial charge in [0, 0.05) is 19.6 Å². The number of nitrogens with zero attached hydrogens (tertiary/aromatic N) is 2. The number of esters is 1. The van der Waals surface area contributed by atoms with Crippen LogP contribution in [0.2, 0.25) is 0 Å². The van der Waals surface area contributed by atoms with Crippen molar-refractivity contribution < 1.29 is 27.5 Å². The minimum Gasteiger partial charge on any atom is -0.465 e. The first-order chi connectivity index (χ1) is 14.9. The van der Waals surface area contributed by atoms with Gasteiger partial charge in [-0.15, -0.1) is 11.3 Å². The van der Waals surface area contributed by atoms with E-state index in [0.29, 0.717) is 36.9 Å². The van der Waals surface area contributed by atoms with E-state index in [1.54, 1.807) is 41.8 Å². The van der Waals surface area contributed by atoms with Crippen LogP contribution in [0.25, 0.3) is 0 Å². The molecule has 2 amide bonds. The standard InChI is InChI=1S/C21H22N2O6S2/c24-19-16-7-1-2-8-17(16)20(25)23(19)11-5-12-29-21(26)15-6-3-10-22(14-15)31(27,28)18-9-4-13-30-18/h1-2,4,7-9,13,15H,3,5-6,10-12,14H2. The number of hydrogen-bond donors (Lipinski definition) is 0. The van der Waals surface area contributed by atoms with Crippen LogP contribution in [0.3, 0.4) is 0 Å². The first-order valence-corrected chi connectivity index (χ1v) is 12.4. The van der Waals surface area contributed by atoms with Gasteiger partial charge in [0.25, 0.3) is 21.8 Å². The third-order valence-corrected chi connectivity index (χ3v) is 8.69. The fourth-order valence-electron chi connectivity index (χ4n) is 3.85. The summed E-state index contributed by atoms with van der Waals surface area (Å²) >= 11 is 1.15. The Morgan fingerprint density at radius 2 is 1.81 bits per heavy atom. The second-order valence-corrected chi connectivity index (χ2v) is 10.6. The summed E-state index contributed by atoms with van der Waals surface area (Å²) in [5, 5.41) is 1.71. The highest BCUT2D eigenvalue weighted by molar-refractivity contribution is 7.91. The Labute approximate surface area is 184 Å². The van der Waals surface area contributed by atoms with E-state index in [0.717, 1.165) is 16.2 Å². The summed E-state index contributed by atoms with van der Waals surface area (Å²) < 4.78 is 32.3. The van der Waals surface area contributed by atoms with E-state index in [1.165, 1.54) is 4.31 Å². The van der Waals surface area contributed by atoms with Crippen LogP contribution in [-0.2, 0) is 19.6 Å². The number of piperidine rings is 1. The fourth-order valence-corrected chi connectivity index (χ4v) is 6.51. The van der Waals surface area contributed by atoms with E-state index in [9.17, 15) is 22.8 Å². The molecule has 8 nitrogen and oxygen atoms in total. The first-order valence-electron chi connectivity index (χ1n) is 10.0. The molecular weight excluding hydrogens is 440 g/mol. The molecule has 3 heterocycles. The van der Waals surface area contributed by atoms with E-state index < -0.39 is 21.9 Å². The van der Waals surface area contributed by atoms with Gasteiger partial charge in [0.05, 0.1) is 23.7 Å². The molecule has 0 aliphatic carbocycles. The number of ether oxygens (including phenoxy) is 1. The predicted molar refractivity (Wildman–Crippen MR) is 113 cm³/mol. The highest BCUT2D eigenvalue weighted by Gasteiger charge is 2.36. The molecular formula is C21H22N2O6S2. The van der Waals surface area contributed by atoms with Gasteiger partial charge >= 0.3 is 5.97 Å². The normalized spacial score (nSPS) is 19.5. The number of imide groups is 1. The number of carbonyl (C=O) groups is 3. The van der Waals surface area contributed by atoms with Crippen molar-refractivity contribution in [3.8, 4) is 0 Å². The van der Waals surface area contributed by atoms with E-state index >= 15 is 0 Å². The largest absolute Gasteiger partial charge is 0.465 e. The van der Waals surface area contributed by atoms with Crippen molar-refractivity contribution in [2.75, 3.05) is 26.2 Å². The van der Waals surface area contributed by atoms with Gasteiger partial charge in [0.1, 0.15) is 4.21 Å². The summed E-state index contributed by atoms with van der Waals surface area (Å²) in [6, 6.07) is 9.90. The molecule has 164 valence electrons. The van der Waals surface area contributed by atoms with Gasteiger partial charge in [-0.25, -0.2) is 8.42 Å². The lowest BCUT2D eigenvalue weighted by Gasteiger charge is -2.30. The van der Waals surface area contributed by atoms with Gasteiger partial charge < -0.3 is 4.74 Å². The molecule has 0 bridgehead atoms. The van der Waals surface area contributed by atoms with Gasteiger partial charge in [0.15, 0.2) is 0 Å². The third-order valence-electron chi connectivity index (χ3n) is 5.46. The maximum Gasteiger partial charge on any atom is 0.310 e. The summed E-state index contributed by atoms with van der Waals surface area (Å²) in [6.07, 6.45) is 1.47. The monoisotopic (exact) mass is 462 g/mol. The Kier molecular flexibility index (Phi) is 6.22. The number of hydrogen-bond acceptors (Lipinski definition) is 7. The van der Waals surface area contributed by atoms with E-state index in [1.807, 2.05) is 0 Å². The summed E-state index contributed by atoms with van der Waals surface area (Å²) in [7, 11) is -3.60. The molecule has 0 N–H and O–H groups in total. The van der Waals surface area contributed by atoms with E-state index in [-0.39, 0.29) is 35.7 Å². The Hall–Kier alpha value is -2.56. The van der Waals surface area contributed by atoms with Crippen molar-refractivity contribution in [3.63, 3.8) is 0 Å². The smallest absolute Gasteiger partial charge is 0.310 e. The molecule has 4 rings (SSSR count). The lowest BCUT2D eigenvalue weighted by atomic mass is 10.00. The van der Waals surface area contributed by atoms with Crippen LogP contribution in [0.1, 0.15) is 40.0 Å². The Balaban J connectivity index is 1.27. The zero-order valence-electron chi connectivity index (χ0n) is 16.7. The maximum absolute atomic E-state index is 12.7. The van der Waals surface area contributed by atoms with Gasteiger partial charge in [-0.2, -0.15) is 4.31 Å². The number of fused-ring (bicyclic) bond motifs is 1. The lowest BCUT2D eigenvalue weighted by molar-refractivity contribution is -0.149. The Bertz CT molecular complexity index is 1060. The zero-order chi connectivity index (χ0) is 22.0. The molecule has 1 saturated heterocycles. The zero-order valence-corrected chi connectivity index (χ0v) is 18.4. The minimum absolute atomic E-state index is 0.0560. The summed E-state index contributed by atoms with van der Waals surface area (Å²) in [5.41, 5.74) is 0.775.